The van der Waals surface area contributed by atoms with Gasteiger partial charge < -0.3 is 19.4 Å². The molecule has 0 aliphatic heterocycles. The minimum absolute atomic E-state index is 0.0120. The van der Waals surface area contributed by atoms with Crippen molar-refractivity contribution in [2.24, 2.45) is 7.05 Å². The van der Waals surface area contributed by atoms with Crippen LogP contribution in [0.3, 0.4) is 0 Å². The number of ether oxygens (including phenoxy) is 2. The van der Waals surface area contributed by atoms with E-state index in [0.717, 1.165) is 23.9 Å². The van der Waals surface area contributed by atoms with E-state index in [2.05, 4.69) is 15.5 Å². The van der Waals surface area contributed by atoms with Gasteiger partial charge in [0.25, 0.3) is 0 Å². The molecule has 7 nitrogen and oxygen atoms in total. The summed E-state index contributed by atoms with van der Waals surface area (Å²) in [7, 11) is 3.33. The van der Waals surface area contributed by atoms with Gasteiger partial charge in [-0.3, -0.25) is 4.79 Å². The molecule has 0 aliphatic rings. The third-order valence-corrected chi connectivity index (χ3v) is 5.43. The molecule has 1 N–H and O–H groups in total. The van der Waals surface area contributed by atoms with Crippen LogP contribution in [0.25, 0.3) is 0 Å². The second-order valence-electron chi connectivity index (χ2n) is 6.75. The first-order valence-electron chi connectivity index (χ1n) is 9.47. The highest BCUT2D eigenvalue weighted by molar-refractivity contribution is 7.99. The number of hydrogen-bond acceptors (Lipinski definition) is 6. The number of halogens is 3. The number of benzene rings is 2. The normalized spacial score (nSPS) is 12.3. The Kier molecular flexibility index (Phi) is 7.29. The molecule has 0 saturated heterocycles. The van der Waals surface area contributed by atoms with Crippen LogP contribution in [0.4, 0.5) is 18.9 Å². The average molecular weight is 466 g/mol. The van der Waals surface area contributed by atoms with Crippen molar-refractivity contribution in [2.75, 3.05) is 18.2 Å². The van der Waals surface area contributed by atoms with Crippen LogP contribution in [0, 0.1) is 0 Å². The Balaban J connectivity index is 1.56. The lowest BCUT2D eigenvalue weighted by Crippen LogP contribution is -2.15. The molecule has 0 fully saturated rings. The molecule has 0 bridgehead atoms. The van der Waals surface area contributed by atoms with E-state index in [1.165, 1.54) is 12.1 Å². The van der Waals surface area contributed by atoms with Gasteiger partial charge in [0.2, 0.25) is 5.91 Å². The fraction of sp³-hybridized carbons (Fsp3) is 0.286. The van der Waals surface area contributed by atoms with Gasteiger partial charge in [0.1, 0.15) is 11.5 Å². The Hall–Kier alpha value is -3.21. The average Bonchev–Trinajstić information content (AvgIpc) is 3.12. The first-order chi connectivity index (χ1) is 15.2. The summed E-state index contributed by atoms with van der Waals surface area (Å²) in [4.78, 5) is 12.2. The monoisotopic (exact) mass is 466 g/mol. The lowest BCUT2D eigenvalue weighted by atomic mass is 10.2. The molecule has 0 aliphatic carbocycles. The molecule has 3 aromatic rings. The number of rotatable bonds is 8. The Labute approximate surface area is 186 Å². The van der Waals surface area contributed by atoms with Crippen molar-refractivity contribution in [1.29, 1.82) is 0 Å². The SMILES string of the molecule is COc1cccc(OC(C)c2nnc(SCC(=O)Nc3ccc(C(F)(F)F)cc3)n2C)c1. The van der Waals surface area contributed by atoms with Gasteiger partial charge in [-0.2, -0.15) is 13.2 Å². The summed E-state index contributed by atoms with van der Waals surface area (Å²) >= 11 is 1.15. The van der Waals surface area contributed by atoms with Gasteiger partial charge >= 0.3 is 6.18 Å². The number of hydrogen-bond donors (Lipinski definition) is 1. The summed E-state index contributed by atoms with van der Waals surface area (Å²) < 4.78 is 50.7. The lowest BCUT2D eigenvalue weighted by molar-refractivity contribution is -0.137. The van der Waals surface area contributed by atoms with Crippen molar-refractivity contribution in [3.63, 3.8) is 0 Å². The van der Waals surface area contributed by atoms with Crippen molar-refractivity contribution in [3.8, 4) is 11.5 Å². The summed E-state index contributed by atoms with van der Waals surface area (Å²) in [6.45, 7) is 1.83. The van der Waals surface area contributed by atoms with Crippen LogP contribution in [-0.2, 0) is 18.0 Å². The number of nitrogens with one attached hydrogen (secondary N) is 1. The number of carbonyl (C=O) groups is 1. The van der Waals surface area contributed by atoms with Crippen LogP contribution in [-0.4, -0.2) is 33.5 Å². The molecule has 1 aromatic heterocycles. The number of thioether (sulfide) groups is 1. The maximum absolute atomic E-state index is 12.6. The molecule has 1 amide bonds. The standard InChI is InChI=1S/C21H21F3N4O3S/c1-13(31-17-6-4-5-16(11-17)30-3)19-26-27-20(28(19)2)32-12-18(29)25-15-9-7-14(8-10-15)21(22,23)24/h4-11,13H,12H2,1-3H3,(H,25,29). The number of amides is 1. The first-order valence-corrected chi connectivity index (χ1v) is 10.5. The van der Waals surface area contributed by atoms with E-state index in [1.807, 2.05) is 19.1 Å². The van der Waals surface area contributed by atoms with Gasteiger partial charge in [-0.25, -0.2) is 0 Å². The third kappa shape index (κ3) is 5.94. The quantitative estimate of drug-likeness (QED) is 0.485. The van der Waals surface area contributed by atoms with Crippen LogP contribution < -0.4 is 14.8 Å². The van der Waals surface area contributed by atoms with Crippen molar-refractivity contribution in [2.45, 2.75) is 24.4 Å². The van der Waals surface area contributed by atoms with Gasteiger partial charge in [0.05, 0.1) is 18.4 Å². The minimum atomic E-state index is -4.42. The highest BCUT2D eigenvalue weighted by Crippen LogP contribution is 2.30. The van der Waals surface area contributed by atoms with E-state index in [9.17, 15) is 18.0 Å². The van der Waals surface area contributed by atoms with Crippen molar-refractivity contribution < 1.29 is 27.4 Å². The number of aromatic nitrogens is 3. The topological polar surface area (TPSA) is 78.3 Å². The Morgan fingerprint density at radius 3 is 2.50 bits per heavy atom. The predicted octanol–water partition coefficient (Wildman–Crippen LogP) is 4.71. The maximum Gasteiger partial charge on any atom is 0.416 e. The van der Waals surface area contributed by atoms with Gasteiger partial charge in [0.15, 0.2) is 17.1 Å². The number of anilines is 1. The van der Waals surface area contributed by atoms with Gasteiger partial charge in [-0.15, -0.1) is 10.2 Å². The first kappa shape index (κ1) is 23.5. The fourth-order valence-electron chi connectivity index (χ4n) is 2.81. The van der Waals surface area contributed by atoms with Crippen molar-refractivity contribution in [3.05, 3.63) is 59.9 Å². The number of methoxy groups -OCH3 is 1. The zero-order valence-electron chi connectivity index (χ0n) is 17.5. The Morgan fingerprint density at radius 2 is 1.84 bits per heavy atom. The molecular weight excluding hydrogens is 445 g/mol. The molecule has 0 spiro atoms. The smallest absolute Gasteiger partial charge is 0.416 e. The van der Waals surface area contributed by atoms with Crippen molar-refractivity contribution in [1.82, 2.24) is 14.8 Å². The maximum atomic E-state index is 12.6. The van der Waals surface area contributed by atoms with Gasteiger partial charge in [0, 0.05) is 18.8 Å². The van der Waals surface area contributed by atoms with Crippen LogP contribution in [0.5, 0.6) is 11.5 Å². The Morgan fingerprint density at radius 1 is 1.16 bits per heavy atom. The molecule has 170 valence electrons. The summed E-state index contributed by atoms with van der Waals surface area (Å²) in [5.41, 5.74) is -0.496. The van der Waals surface area contributed by atoms with E-state index in [1.54, 1.807) is 30.9 Å². The second kappa shape index (κ2) is 9.94. The molecule has 3 rings (SSSR count). The van der Waals surface area contributed by atoms with Crippen LogP contribution in [0.2, 0.25) is 0 Å². The fourth-order valence-corrected chi connectivity index (χ4v) is 3.53. The second-order valence-corrected chi connectivity index (χ2v) is 7.69. The Bertz CT molecular complexity index is 1070. The summed E-state index contributed by atoms with van der Waals surface area (Å²) in [6, 6.07) is 11.4. The molecule has 2 aromatic carbocycles. The van der Waals surface area contributed by atoms with E-state index in [-0.39, 0.29) is 17.3 Å². The number of nitrogens with zero attached hydrogens (tertiary/aromatic N) is 3. The van der Waals surface area contributed by atoms with Crippen LogP contribution in [0.15, 0.2) is 53.7 Å². The van der Waals surface area contributed by atoms with E-state index >= 15 is 0 Å². The van der Waals surface area contributed by atoms with Gasteiger partial charge in [-0.05, 0) is 43.3 Å². The summed E-state index contributed by atoms with van der Waals surface area (Å²) in [5.74, 6) is 1.49. The molecule has 1 heterocycles. The van der Waals surface area contributed by atoms with Crippen LogP contribution in [0.1, 0.15) is 24.4 Å². The molecule has 32 heavy (non-hydrogen) atoms. The van der Waals surface area contributed by atoms with E-state index in [4.69, 9.17) is 9.47 Å². The molecular formula is C21H21F3N4O3S. The highest BCUT2D eigenvalue weighted by Gasteiger charge is 2.30. The zero-order chi connectivity index (χ0) is 23.3. The zero-order valence-corrected chi connectivity index (χ0v) is 18.3. The lowest BCUT2D eigenvalue weighted by Gasteiger charge is -2.14. The number of alkyl halides is 3. The summed E-state index contributed by atoms with van der Waals surface area (Å²) in [5, 5.41) is 11.3. The molecule has 1 atom stereocenters. The molecule has 1 unspecified atom stereocenters. The molecule has 0 saturated carbocycles. The van der Waals surface area contributed by atoms with E-state index < -0.39 is 17.8 Å². The predicted molar refractivity (Wildman–Crippen MR) is 114 cm³/mol. The summed E-state index contributed by atoms with van der Waals surface area (Å²) in [6.07, 6.45) is -4.83. The number of carbonyl (C=O) groups excluding carboxylic acids is 1. The van der Waals surface area contributed by atoms with Crippen LogP contribution >= 0.6 is 11.8 Å². The van der Waals surface area contributed by atoms with Crippen molar-refractivity contribution >= 4 is 23.4 Å². The molecule has 11 heteroatoms. The van der Waals surface area contributed by atoms with E-state index in [0.29, 0.717) is 22.5 Å². The highest BCUT2D eigenvalue weighted by atomic mass is 32.2. The van der Waals surface area contributed by atoms with Gasteiger partial charge in [-0.1, -0.05) is 17.8 Å². The minimum Gasteiger partial charge on any atom is -0.497 e. The molecule has 0 radical (unpaired) electrons. The third-order valence-electron chi connectivity index (χ3n) is 4.41. The largest absolute Gasteiger partial charge is 0.497 e.